The second-order valence-corrected chi connectivity index (χ2v) is 7.10. The van der Waals surface area contributed by atoms with Crippen LogP contribution in [-0.4, -0.2) is 50.1 Å². The van der Waals surface area contributed by atoms with Gasteiger partial charge in [-0.2, -0.15) is 0 Å². The molecule has 1 aliphatic rings. The lowest BCUT2D eigenvalue weighted by atomic mass is 10.2. The van der Waals surface area contributed by atoms with Gasteiger partial charge >= 0.3 is 5.97 Å². The predicted molar refractivity (Wildman–Crippen MR) is 103 cm³/mol. The number of carboxylic acids is 1. The fraction of sp³-hybridized carbons (Fsp3) is 0.250. The van der Waals surface area contributed by atoms with Crippen LogP contribution in [0.15, 0.2) is 29.2 Å². The number of nitro groups is 1. The van der Waals surface area contributed by atoms with Gasteiger partial charge in [0.05, 0.1) is 16.2 Å². The van der Waals surface area contributed by atoms with E-state index >= 15 is 0 Å². The summed E-state index contributed by atoms with van der Waals surface area (Å²) in [6, 6.07) is 5.74. The van der Waals surface area contributed by atoms with Crippen molar-refractivity contribution in [3.05, 3.63) is 44.8 Å². The molecule has 11 heteroatoms. The van der Waals surface area contributed by atoms with Gasteiger partial charge in [0.25, 0.3) is 11.6 Å². The molecular formula is C16H15N3O6S2. The minimum atomic E-state index is -1.01. The summed E-state index contributed by atoms with van der Waals surface area (Å²) in [6.07, 6.45) is 1.40. The number of benzene rings is 1. The molecule has 1 aromatic carbocycles. The van der Waals surface area contributed by atoms with E-state index < -0.39 is 10.9 Å². The largest absolute Gasteiger partial charge is 0.481 e. The van der Waals surface area contributed by atoms with Crippen LogP contribution in [0.3, 0.4) is 0 Å². The normalized spacial score (nSPS) is 15.3. The van der Waals surface area contributed by atoms with Crippen LogP contribution in [0, 0.1) is 10.1 Å². The van der Waals surface area contributed by atoms with Crippen molar-refractivity contribution >= 4 is 57.8 Å². The second-order valence-electron chi connectivity index (χ2n) is 5.43. The first-order valence-corrected chi connectivity index (χ1v) is 8.98. The van der Waals surface area contributed by atoms with E-state index in [4.69, 9.17) is 17.3 Å². The molecule has 1 aromatic rings. The van der Waals surface area contributed by atoms with E-state index in [2.05, 4.69) is 5.32 Å². The van der Waals surface area contributed by atoms with Gasteiger partial charge < -0.3 is 10.4 Å². The number of carbonyl (C=O) groups is 3. The Morgan fingerprint density at radius 2 is 1.96 bits per heavy atom. The van der Waals surface area contributed by atoms with Crippen molar-refractivity contribution in [3.63, 3.8) is 0 Å². The minimum absolute atomic E-state index is 0.00310. The zero-order valence-electron chi connectivity index (χ0n) is 13.9. The van der Waals surface area contributed by atoms with Crippen LogP contribution in [0.5, 0.6) is 0 Å². The first kappa shape index (κ1) is 20.5. The topological polar surface area (TPSA) is 130 Å². The summed E-state index contributed by atoms with van der Waals surface area (Å²) >= 11 is 6.25. The van der Waals surface area contributed by atoms with E-state index in [1.54, 1.807) is 6.08 Å². The standard InChI is InChI=1S/C16H15N3O6S2/c20-13(17-7-5-14(21)22)6-8-18-15(23)12(27-16(18)26)9-10-1-3-11(4-2-10)19(24)25/h1-4,9H,5-8H2,(H,17,20)(H,21,22)/b12-9-. The zero-order valence-corrected chi connectivity index (χ0v) is 15.5. The zero-order chi connectivity index (χ0) is 20.0. The van der Waals surface area contributed by atoms with Crippen molar-refractivity contribution in [1.29, 1.82) is 0 Å². The molecule has 0 spiro atoms. The van der Waals surface area contributed by atoms with Gasteiger partial charge in [-0.25, -0.2) is 0 Å². The van der Waals surface area contributed by atoms with E-state index in [0.717, 1.165) is 11.8 Å². The Labute approximate surface area is 163 Å². The number of nitrogens with one attached hydrogen (secondary N) is 1. The van der Waals surface area contributed by atoms with Gasteiger partial charge in [0, 0.05) is 31.6 Å². The molecule has 1 aliphatic heterocycles. The summed E-state index contributed by atoms with van der Waals surface area (Å²) in [5, 5.41) is 21.7. The quantitative estimate of drug-likeness (QED) is 0.288. The number of thiocarbonyl (C=S) groups is 1. The third kappa shape index (κ3) is 5.86. The van der Waals surface area contributed by atoms with Crippen molar-refractivity contribution < 1.29 is 24.4 Å². The highest BCUT2D eigenvalue weighted by atomic mass is 32.2. The summed E-state index contributed by atoms with van der Waals surface area (Å²) in [5.74, 6) is -1.73. The number of nitro benzene ring substituents is 1. The van der Waals surface area contributed by atoms with E-state index in [1.165, 1.54) is 29.2 Å². The third-order valence-electron chi connectivity index (χ3n) is 3.50. The SMILES string of the molecule is O=C(O)CCNC(=O)CCN1C(=O)/C(=C/c2ccc([N+](=O)[O-])cc2)SC1=S. The maximum Gasteiger partial charge on any atom is 0.305 e. The highest BCUT2D eigenvalue weighted by Gasteiger charge is 2.32. The van der Waals surface area contributed by atoms with Crippen LogP contribution in [-0.2, 0) is 14.4 Å². The van der Waals surface area contributed by atoms with Crippen LogP contribution in [0.4, 0.5) is 5.69 Å². The molecule has 27 heavy (non-hydrogen) atoms. The van der Waals surface area contributed by atoms with Gasteiger partial charge in [-0.15, -0.1) is 0 Å². The van der Waals surface area contributed by atoms with Crippen molar-refractivity contribution in [2.45, 2.75) is 12.8 Å². The first-order valence-electron chi connectivity index (χ1n) is 7.76. The molecule has 1 heterocycles. The molecule has 0 radical (unpaired) electrons. The van der Waals surface area contributed by atoms with Crippen molar-refractivity contribution in [2.24, 2.45) is 0 Å². The van der Waals surface area contributed by atoms with Gasteiger partial charge in [0.15, 0.2) is 0 Å². The Bertz CT molecular complexity index is 822. The van der Waals surface area contributed by atoms with E-state index in [1.807, 2.05) is 0 Å². The number of nitrogens with zero attached hydrogens (tertiary/aromatic N) is 2. The van der Waals surface area contributed by atoms with Gasteiger partial charge in [-0.05, 0) is 23.8 Å². The summed E-state index contributed by atoms with van der Waals surface area (Å²) in [7, 11) is 0. The van der Waals surface area contributed by atoms with Gasteiger partial charge in [0.1, 0.15) is 4.32 Å². The smallest absolute Gasteiger partial charge is 0.305 e. The third-order valence-corrected chi connectivity index (χ3v) is 4.88. The summed E-state index contributed by atoms with van der Waals surface area (Å²) < 4.78 is 0.312. The highest BCUT2D eigenvalue weighted by Crippen LogP contribution is 2.32. The number of non-ortho nitro benzene ring substituents is 1. The molecule has 9 nitrogen and oxygen atoms in total. The average Bonchev–Trinajstić information content (AvgIpc) is 2.86. The van der Waals surface area contributed by atoms with E-state index in [-0.39, 0.29) is 43.4 Å². The fourth-order valence-corrected chi connectivity index (χ4v) is 3.46. The summed E-state index contributed by atoms with van der Waals surface area (Å²) in [5.41, 5.74) is 0.570. The molecule has 2 N–H and O–H groups in total. The average molecular weight is 409 g/mol. The highest BCUT2D eigenvalue weighted by molar-refractivity contribution is 8.26. The minimum Gasteiger partial charge on any atom is -0.481 e. The van der Waals surface area contributed by atoms with Gasteiger partial charge in [0.2, 0.25) is 5.91 Å². The van der Waals surface area contributed by atoms with Gasteiger partial charge in [-0.1, -0.05) is 24.0 Å². The number of amides is 2. The van der Waals surface area contributed by atoms with Gasteiger partial charge in [-0.3, -0.25) is 29.4 Å². The van der Waals surface area contributed by atoms with Crippen LogP contribution in [0.2, 0.25) is 0 Å². The lowest BCUT2D eigenvalue weighted by Crippen LogP contribution is -2.34. The lowest BCUT2D eigenvalue weighted by molar-refractivity contribution is -0.384. The Morgan fingerprint density at radius 1 is 1.30 bits per heavy atom. The maximum absolute atomic E-state index is 12.4. The molecule has 0 aromatic heterocycles. The maximum atomic E-state index is 12.4. The first-order chi connectivity index (χ1) is 12.8. The van der Waals surface area contributed by atoms with Crippen molar-refractivity contribution in [2.75, 3.05) is 13.1 Å². The Balaban J connectivity index is 1.94. The molecule has 0 saturated carbocycles. The molecule has 2 rings (SSSR count). The van der Waals surface area contributed by atoms with Crippen LogP contribution in [0.1, 0.15) is 18.4 Å². The number of hydrogen-bond acceptors (Lipinski definition) is 7. The van der Waals surface area contributed by atoms with Crippen LogP contribution < -0.4 is 5.32 Å². The Hall–Kier alpha value is -2.79. The van der Waals surface area contributed by atoms with E-state index in [9.17, 15) is 24.5 Å². The molecule has 142 valence electrons. The molecule has 1 saturated heterocycles. The van der Waals surface area contributed by atoms with Crippen molar-refractivity contribution in [1.82, 2.24) is 10.2 Å². The molecule has 0 aliphatic carbocycles. The summed E-state index contributed by atoms with van der Waals surface area (Å²) in [6.45, 7) is 0.105. The number of hydrogen-bond donors (Lipinski definition) is 2. The van der Waals surface area contributed by atoms with Crippen molar-refractivity contribution in [3.8, 4) is 0 Å². The Morgan fingerprint density at radius 3 is 2.56 bits per heavy atom. The van der Waals surface area contributed by atoms with Crippen LogP contribution in [0.25, 0.3) is 6.08 Å². The van der Waals surface area contributed by atoms with E-state index in [0.29, 0.717) is 14.8 Å². The number of thioether (sulfide) groups is 1. The number of carbonyl (C=O) groups excluding carboxylic acids is 2. The molecular weight excluding hydrogens is 394 g/mol. The number of rotatable bonds is 8. The molecule has 1 fully saturated rings. The molecule has 2 amide bonds. The summed E-state index contributed by atoms with van der Waals surface area (Å²) in [4.78, 5) is 46.4. The Kier molecular flexibility index (Phi) is 7.02. The number of carboxylic acid groups (broad SMARTS) is 1. The molecule has 0 unspecified atom stereocenters. The molecule has 0 atom stereocenters. The number of aliphatic carboxylic acids is 1. The fourth-order valence-electron chi connectivity index (χ4n) is 2.15. The van der Waals surface area contributed by atoms with Crippen LogP contribution >= 0.6 is 24.0 Å². The molecule has 0 bridgehead atoms. The second kappa shape index (κ2) is 9.24. The predicted octanol–water partition coefficient (Wildman–Crippen LogP) is 1.78. The monoisotopic (exact) mass is 409 g/mol. The lowest BCUT2D eigenvalue weighted by Gasteiger charge is -2.13.